The summed E-state index contributed by atoms with van der Waals surface area (Å²) < 4.78 is 37.4. The van der Waals surface area contributed by atoms with Crippen LogP contribution in [0, 0.1) is 5.41 Å². The monoisotopic (exact) mass is 525 g/mol. The second-order valence-corrected chi connectivity index (χ2v) is 9.52. The van der Waals surface area contributed by atoms with Crippen LogP contribution in [-0.4, -0.2) is 70.9 Å². The number of thiazole rings is 1. The molecule has 2 amide bonds. The van der Waals surface area contributed by atoms with Crippen molar-refractivity contribution in [3.05, 3.63) is 40.9 Å². The van der Waals surface area contributed by atoms with E-state index in [1.54, 1.807) is 24.3 Å². The van der Waals surface area contributed by atoms with E-state index in [1.165, 1.54) is 12.3 Å². The number of nitrogen functional groups attached to an aromatic ring is 1. The van der Waals surface area contributed by atoms with Gasteiger partial charge in [-0.05, 0) is 24.6 Å². The average molecular weight is 526 g/mol. The first-order chi connectivity index (χ1) is 16.5. The lowest BCUT2D eigenvalue weighted by molar-refractivity contribution is -0.143. The van der Waals surface area contributed by atoms with Crippen molar-refractivity contribution in [2.75, 3.05) is 18.9 Å². The summed E-state index contributed by atoms with van der Waals surface area (Å²) in [6.45, 7) is 1.39. The van der Waals surface area contributed by atoms with Crippen molar-refractivity contribution in [2.24, 2.45) is 10.9 Å². The van der Waals surface area contributed by atoms with Gasteiger partial charge in [-0.15, -0.1) is 11.3 Å². The zero-order valence-electron chi connectivity index (χ0n) is 18.4. The molecule has 16 heteroatoms. The molecule has 2 aromatic rings. The number of anilines is 1. The zero-order valence-corrected chi connectivity index (χ0v) is 20.0. The molecule has 1 aromatic carbocycles. The van der Waals surface area contributed by atoms with E-state index in [1.807, 2.05) is 0 Å². The highest BCUT2D eigenvalue weighted by molar-refractivity contribution is 7.84. The molecular formula is C19H23N7O7S2. The van der Waals surface area contributed by atoms with Crippen LogP contribution >= 0.6 is 11.3 Å². The van der Waals surface area contributed by atoms with E-state index in [2.05, 4.69) is 15.5 Å². The SMILES string of the molecule is C[C@H]1[C@H](NC(=O)/C(=N\OCCOc2ccc(CC(=N)N)cc2)c2csc(N)n2)C(=O)N1S(=O)(=O)O. The standard InChI is InChI=1S/C19H23N7O7S2/c1-10-15(18(28)26(10)35(29,30)31)24-17(27)16(13-9-34-19(22)23-13)25-33-7-6-32-12-4-2-11(3-5-12)8-14(20)21/h2-5,9-10,15H,6-8H2,1H3,(H3,20,21)(H2,22,23)(H,24,27)(H,29,30,31)/b25-16-/t10-,15-/m0/s1. The molecule has 0 unspecified atom stereocenters. The number of oxime groups is 1. The summed E-state index contributed by atoms with van der Waals surface area (Å²) in [4.78, 5) is 34.0. The summed E-state index contributed by atoms with van der Waals surface area (Å²) in [6.07, 6.45) is 0.336. The first kappa shape index (κ1) is 25.9. The minimum Gasteiger partial charge on any atom is -0.490 e. The Hall–Kier alpha value is -3.76. The summed E-state index contributed by atoms with van der Waals surface area (Å²) in [7, 11) is -4.73. The fourth-order valence-corrected chi connectivity index (χ4v) is 4.58. The molecule has 1 aromatic heterocycles. The van der Waals surface area contributed by atoms with Crippen molar-refractivity contribution in [3.8, 4) is 5.75 Å². The van der Waals surface area contributed by atoms with E-state index in [-0.39, 0.29) is 39.9 Å². The predicted molar refractivity (Wildman–Crippen MR) is 126 cm³/mol. The van der Waals surface area contributed by atoms with Gasteiger partial charge in [-0.3, -0.25) is 19.6 Å². The molecule has 0 radical (unpaired) electrons. The number of amidine groups is 1. The van der Waals surface area contributed by atoms with Gasteiger partial charge in [0, 0.05) is 11.8 Å². The second kappa shape index (κ2) is 10.7. The molecule has 35 heavy (non-hydrogen) atoms. The Kier molecular flexibility index (Phi) is 7.88. The fraction of sp³-hybridized carbons (Fsp3) is 0.316. The molecule has 188 valence electrons. The van der Waals surface area contributed by atoms with Crippen LogP contribution in [0.2, 0.25) is 0 Å². The van der Waals surface area contributed by atoms with Crippen molar-refractivity contribution in [3.63, 3.8) is 0 Å². The van der Waals surface area contributed by atoms with Gasteiger partial charge >= 0.3 is 10.3 Å². The average Bonchev–Trinajstić information content (AvgIpc) is 3.20. The highest BCUT2D eigenvalue weighted by Gasteiger charge is 2.51. The van der Waals surface area contributed by atoms with Crippen LogP contribution in [-0.2, 0) is 31.2 Å². The number of benzene rings is 1. The highest BCUT2D eigenvalue weighted by atomic mass is 32.2. The smallest absolute Gasteiger partial charge is 0.362 e. The quantitative estimate of drug-likeness (QED) is 0.0632. The summed E-state index contributed by atoms with van der Waals surface area (Å²) in [5.74, 6) is -1.24. The van der Waals surface area contributed by atoms with Crippen LogP contribution in [0.5, 0.6) is 5.75 Å². The molecule has 1 fully saturated rings. The summed E-state index contributed by atoms with van der Waals surface area (Å²) in [6, 6.07) is 4.78. The first-order valence-corrected chi connectivity index (χ1v) is 12.3. The van der Waals surface area contributed by atoms with Gasteiger partial charge in [-0.2, -0.15) is 8.42 Å². The Labute approximate surface area is 204 Å². The van der Waals surface area contributed by atoms with Gasteiger partial charge in [0.05, 0.1) is 11.9 Å². The maximum Gasteiger partial charge on any atom is 0.362 e. The highest BCUT2D eigenvalue weighted by Crippen LogP contribution is 2.23. The van der Waals surface area contributed by atoms with Crippen molar-refractivity contribution < 1.29 is 32.1 Å². The van der Waals surface area contributed by atoms with Gasteiger partial charge in [0.15, 0.2) is 17.5 Å². The Morgan fingerprint density at radius 3 is 2.57 bits per heavy atom. The van der Waals surface area contributed by atoms with Gasteiger partial charge < -0.3 is 26.4 Å². The van der Waals surface area contributed by atoms with Crippen molar-refractivity contribution in [1.82, 2.24) is 14.6 Å². The minimum atomic E-state index is -4.73. The summed E-state index contributed by atoms with van der Waals surface area (Å²) in [5.41, 5.74) is 11.7. The molecule has 0 saturated carbocycles. The maximum atomic E-state index is 12.8. The lowest BCUT2D eigenvalue weighted by Gasteiger charge is -2.42. The molecule has 1 aliphatic rings. The van der Waals surface area contributed by atoms with E-state index < -0.39 is 34.2 Å². The number of aromatic nitrogens is 1. The fourth-order valence-electron chi connectivity index (χ4n) is 3.14. The van der Waals surface area contributed by atoms with Crippen molar-refractivity contribution in [1.29, 1.82) is 5.41 Å². The van der Waals surface area contributed by atoms with Crippen molar-refractivity contribution in [2.45, 2.75) is 25.4 Å². The van der Waals surface area contributed by atoms with Crippen LogP contribution in [0.3, 0.4) is 0 Å². The molecular weight excluding hydrogens is 502 g/mol. The van der Waals surface area contributed by atoms with Crippen LogP contribution in [0.1, 0.15) is 18.2 Å². The van der Waals surface area contributed by atoms with E-state index in [4.69, 9.17) is 31.0 Å². The predicted octanol–water partition coefficient (Wildman–Crippen LogP) is -0.478. The van der Waals surface area contributed by atoms with Crippen LogP contribution < -0.4 is 21.5 Å². The van der Waals surface area contributed by atoms with E-state index in [0.29, 0.717) is 12.2 Å². The molecule has 2 atom stereocenters. The maximum absolute atomic E-state index is 12.8. The van der Waals surface area contributed by atoms with E-state index >= 15 is 0 Å². The zero-order chi connectivity index (χ0) is 25.8. The van der Waals surface area contributed by atoms with Gasteiger partial charge in [0.25, 0.3) is 11.8 Å². The minimum absolute atomic E-state index is 0.0408. The number of nitrogens with zero attached hydrogens (tertiary/aromatic N) is 3. The lowest BCUT2D eigenvalue weighted by atomic mass is 10.0. The molecule has 1 aliphatic heterocycles. The molecule has 0 bridgehead atoms. The van der Waals surface area contributed by atoms with Crippen molar-refractivity contribution >= 4 is 50.1 Å². The first-order valence-electron chi connectivity index (χ1n) is 10.0. The molecule has 3 rings (SSSR count). The number of nitrogens with one attached hydrogen (secondary N) is 2. The topological polar surface area (TPSA) is 223 Å². The van der Waals surface area contributed by atoms with Gasteiger partial charge in [-0.25, -0.2) is 9.29 Å². The molecule has 1 saturated heterocycles. The van der Waals surface area contributed by atoms with Gasteiger partial charge in [0.1, 0.15) is 24.1 Å². The number of carbonyl (C=O) groups excluding carboxylic acids is 2. The van der Waals surface area contributed by atoms with Crippen LogP contribution in [0.15, 0.2) is 34.8 Å². The molecule has 0 spiro atoms. The Morgan fingerprint density at radius 1 is 1.34 bits per heavy atom. The second-order valence-electron chi connectivity index (χ2n) is 7.34. The number of β-lactam (4-membered cyclic amide) rings is 1. The van der Waals surface area contributed by atoms with E-state index in [0.717, 1.165) is 16.9 Å². The number of rotatable bonds is 11. The third-order valence-corrected chi connectivity index (χ3v) is 6.45. The third kappa shape index (κ3) is 6.43. The number of carbonyl (C=O) groups is 2. The Balaban J connectivity index is 1.59. The van der Waals surface area contributed by atoms with Crippen LogP contribution in [0.4, 0.5) is 5.13 Å². The molecule has 14 nitrogen and oxygen atoms in total. The number of hydrogen-bond acceptors (Lipinski definition) is 11. The molecule has 2 heterocycles. The Bertz CT molecular complexity index is 1240. The number of amides is 2. The van der Waals surface area contributed by atoms with E-state index in [9.17, 15) is 18.0 Å². The summed E-state index contributed by atoms with van der Waals surface area (Å²) >= 11 is 1.06. The largest absolute Gasteiger partial charge is 0.490 e. The third-order valence-electron chi connectivity index (χ3n) is 4.77. The Morgan fingerprint density at radius 2 is 2.03 bits per heavy atom. The number of hydrogen-bond donors (Lipinski definition) is 5. The van der Waals surface area contributed by atoms with Crippen LogP contribution in [0.25, 0.3) is 0 Å². The van der Waals surface area contributed by atoms with Gasteiger partial charge in [-0.1, -0.05) is 17.3 Å². The normalized spacial score (nSPS) is 18.1. The molecule has 0 aliphatic carbocycles. The van der Waals surface area contributed by atoms with Gasteiger partial charge in [0.2, 0.25) is 0 Å². The molecule has 7 N–H and O–H groups in total. The lowest BCUT2D eigenvalue weighted by Crippen LogP contribution is -2.71. The summed E-state index contributed by atoms with van der Waals surface area (Å²) in [5, 5.41) is 15.1. The number of ether oxygens (including phenoxy) is 1. The number of nitrogens with two attached hydrogens (primary N) is 2.